The fourth-order valence-corrected chi connectivity index (χ4v) is 0.596. The Balaban J connectivity index is 0.000000640. The first-order valence-corrected chi connectivity index (χ1v) is 2.61. The van der Waals surface area contributed by atoms with E-state index in [1.54, 1.807) is 0 Å². The molecule has 0 bridgehead atoms. The van der Waals surface area contributed by atoms with E-state index >= 15 is 0 Å². The van der Waals surface area contributed by atoms with E-state index in [4.69, 9.17) is 23.2 Å². The Morgan fingerprint density at radius 1 is 1.44 bits per heavy atom. The standard InChI is InChI=1S/C4HCl2N2.Y/c5-3-1-2-7-4(6)8-3;/h1H;/q-1;. The summed E-state index contributed by atoms with van der Waals surface area (Å²) in [5, 5.41) is 0.433. The molecule has 0 atom stereocenters. The number of rotatable bonds is 0. The van der Waals surface area contributed by atoms with Crippen LogP contribution in [0.2, 0.25) is 10.4 Å². The summed E-state index contributed by atoms with van der Waals surface area (Å²) in [6.07, 6.45) is 2.45. The van der Waals surface area contributed by atoms with E-state index in [-0.39, 0.29) is 38.0 Å². The van der Waals surface area contributed by atoms with Crippen LogP contribution < -0.4 is 0 Å². The summed E-state index contributed by atoms with van der Waals surface area (Å²) in [7, 11) is 0. The molecule has 0 aliphatic carbocycles. The van der Waals surface area contributed by atoms with Crippen LogP contribution in [-0.2, 0) is 32.7 Å². The van der Waals surface area contributed by atoms with Crippen molar-refractivity contribution in [3.8, 4) is 0 Å². The molecule has 0 aliphatic heterocycles. The Kier molecular flexibility index (Phi) is 4.95. The molecule has 1 rings (SSSR count). The van der Waals surface area contributed by atoms with Crippen molar-refractivity contribution in [1.82, 2.24) is 9.97 Å². The molecule has 1 aromatic heterocycles. The van der Waals surface area contributed by atoms with Gasteiger partial charge in [-0.3, -0.25) is 0 Å². The van der Waals surface area contributed by atoms with Gasteiger partial charge >= 0.3 is 0 Å². The van der Waals surface area contributed by atoms with Crippen LogP contribution in [0.15, 0.2) is 6.07 Å². The molecule has 1 heterocycles. The zero-order valence-corrected chi connectivity index (χ0v) is 8.66. The fourth-order valence-electron chi connectivity index (χ4n) is 0.284. The first kappa shape index (κ1) is 9.76. The Hall–Kier alpha value is 0.764. The van der Waals surface area contributed by atoms with Gasteiger partial charge in [-0.25, -0.2) is 0 Å². The molecule has 0 aliphatic rings. The SMILES string of the molecule is Clc1c[c-]nc(Cl)n1.[Y]. The van der Waals surface area contributed by atoms with Crippen molar-refractivity contribution in [3.63, 3.8) is 0 Å². The molecule has 0 aromatic carbocycles. The maximum absolute atomic E-state index is 5.38. The van der Waals surface area contributed by atoms with Crippen molar-refractivity contribution in [2.24, 2.45) is 0 Å². The van der Waals surface area contributed by atoms with Gasteiger partial charge in [0.25, 0.3) is 0 Å². The third-order valence-corrected chi connectivity index (χ3v) is 0.902. The van der Waals surface area contributed by atoms with Crippen molar-refractivity contribution in [3.05, 3.63) is 22.7 Å². The third-order valence-electron chi connectivity index (χ3n) is 0.540. The van der Waals surface area contributed by atoms with Crippen molar-refractivity contribution in [2.75, 3.05) is 0 Å². The Morgan fingerprint density at radius 2 is 2.11 bits per heavy atom. The number of hydrogen-bond donors (Lipinski definition) is 0. The largest absolute Gasteiger partial charge is 0.359 e. The first-order valence-electron chi connectivity index (χ1n) is 1.85. The van der Waals surface area contributed by atoms with Gasteiger partial charge in [-0.2, -0.15) is 0 Å². The van der Waals surface area contributed by atoms with Crippen LogP contribution in [0.3, 0.4) is 0 Å². The van der Waals surface area contributed by atoms with Crippen molar-refractivity contribution in [2.45, 2.75) is 0 Å². The van der Waals surface area contributed by atoms with E-state index in [0.29, 0.717) is 5.15 Å². The van der Waals surface area contributed by atoms with Gasteiger partial charge in [-0.1, -0.05) is 6.20 Å². The second kappa shape index (κ2) is 4.56. The van der Waals surface area contributed by atoms with Crippen LogP contribution >= 0.6 is 23.2 Å². The third kappa shape index (κ3) is 3.46. The van der Waals surface area contributed by atoms with Crippen LogP contribution in [0, 0.1) is 6.20 Å². The maximum Gasteiger partial charge on any atom is 0.106 e. The molecular weight excluding hydrogens is 236 g/mol. The smallest absolute Gasteiger partial charge is 0.106 e. The summed E-state index contributed by atoms with van der Waals surface area (Å²) >= 11 is 10.7. The summed E-state index contributed by atoms with van der Waals surface area (Å²) in [6, 6.07) is 1.44. The van der Waals surface area contributed by atoms with E-state index in [1.807, 2.05) is 0 Å². The van der Waals surface area contributed by atoms with Gasteiger partial charge < -0.3 is 9.97 Å². The molecule has 45 valence electrons. The minimum absolute atomic E-state index is 0. The van der Waals surface area contributed by atoms with Gasteiger partial charge in [0.15, 0.2) is 0 Å². The van der Waals surface area contributed by atoms with E-state index < -0.39 is 0 Å². The normalized spacial score (nSPS) is 8.22. The molecule has 0 amide bonds. The van der Waals surface area contributed by atoms with Crippen molar-refractivity contribution in [1.29, 1.82) is 0 Å². The molecule has 0 fully saturated rings. The number of aromatic nitrogens is 2. The van der Waals surface area contributed by atoms with Gasteiger partial charge in [-0.05, 0) is 0 Å². The number of nitrogens with zero attached hydrogens (tertiary/aromatic N) is 2. The minimum atomic E-state index is 0. The second-order valence-electron chi connectivity index (χ2n) is 1.09. The monoisotopic (exact) mass is 236 g/mol. The predicted octanol–water partition coefficient (Wildman–Crippen LogP) is 1.58. The summed E-state index contributed by atoms with van der Waals surface area (Å²) < 4.78 is 0. The summed E-state index contributed by atoms with van der Waals surface area (Å²) in [5.41, 5.74) is 0. The molecule has 0 unspecified atom stereocenters. The summed E-state index contributed by atoms with van der Waals surface area (Å²) in [6.45, 7) is 0. The van der Waals surface area contributed by atoms with E-state index in [2.05, 4.69) is 16.2 Å². The number of halogens is 2. The predicted molar refractivity (Wildman–Crippen MR) is 30.9 cm³/mol. The molecule has 1 radical (unpaired) electrons. The van der Waals surface area contributed by atoms with E-state index in [9.17, 15) is 0 Å². The van der Waals surface area contributed by atoms with Gasteiger partial charge in [0.1, 0.15) is 5.28 Å². The van der Waals surface area contributed by atoms with Gasteiger partial charge in [-0.15, -0.1) is 29.3 Å². The summed E-state index contributed by atoms with van der Waals surface area (Å²) in [5.74, 6) is 0. The van der Waals surface area contributed by atoms with Crippen LogP contribution in [0.1, 0.15) is 0 Å². The maximum atomic E-state index is 5.38. The summed E-state index contributed by atoms with van der Waals surface area (Å²) in [4.78, 5) is 7.05. The van der Waals surface area contributed by atoms with E-state index in [1.165, 1.54) is 6.07 Å². The molecule has 9 heavy (non-hydrogen) atoms. The van der Waals surface area contributed by atoms with Crippen LogP contribution in [-0.4, -0.2) is 9.97 Å². The quantitative estimate of drug-likeness (QED) is 0.389. The Morgan fingerprint density at radius 3 is 2.44 bits per heavy atom. The van der Waals surface area contributed by atoms with Crippen LogP contribution in [0.5, 0.6) is 0 Å². The van der Waals surface area contributed by atoms with Crippen LogP contribution in [0.25, 0.3) is 0 Å². The average molecular weight is 237 g/mol. The van der Waals surface area contributed by atoms with Crippen molar-refractivity contribution >= 4 is 23.2 Å². The Bertz CT molecular complexity index is 176. The Labute approximate surface area is 87.9 Å². The van der Waals surface area contributed by atoms with Gasteiger partial charge in [0.05, 0.1) is 0 Å². The fraction of sp³-hybridized carbons (Fsp3) is 0. The molecule has 2 nitrogen and oxygen atoms in total. The average Bonchev–Trinajstić information content (AvgIpc) is 1.64. The zero-order chi connectivity index (χ0) is 5.98. The van der Waals surface area contributed by atoms with Crippen LogP contribution in [0.4, 0.5) is 0 Å². The number of hydrogen-bond acceptors (Lipinski definition) is 2. The minimum Gasteiger partial charge on any atom is -0.359 e. The molecule has 5 heteroatoms. The topological polar surface area (TPSA) is 25.8 Å². The molecule has 0 N–H and O–H groups in total. The molecular formula is C4HCl2N2Y-. The first-order chi connectivity index (χ1) is 3.79. The zero-order valence-electron chi connectivity index (χ0n) is 4.31. The molecule has 0 saturated carbocycles. The molecule has 0 saturated heterocycles. The van der Waals surface area contributed by atoms with Gasteiger partial charge in [0, 0.05) is 37.9 Å². The molecule has 1 aromatic rings. The molecule has 0 spiro atoms. The van der Waals surface area contributed by atoms with E-state index in [0.717, 1.165) is 0 Å². The van der Waals surface area contributed by atoms with Crippen molar-refractivity contribution < 1.29 is 32.7 Å². The second-order valence-corrected chi connectivity index (χ2v) is 1.81. The van der Waals surface area contributed by atoms with Gasteiger partial charge in [0.2, 0.25) is 0 Å².